The number of hydrogen-bond acceptors (Lipinski definition) is 7. The smallest absolute Gasteiger partial charge is 0.290 e. The molecule has 2 aliphatic heterocycles. The van der Waals surface area contributed by atoms with Gasteiger partial charge in [0.05, 0.1) is 40.7 Å². The largest absolute Gasteiger partial charge is 0.503 e. The van der Waals surface area contributed by atoms with Gasteiger partial charge in [0.25, 0.3) is 5.91 Å². The molecule has 1 unspecified atom stereocenters. The van der Waals surface area contributed by atoms with E-state index in [9.17, 15) is 19.1 Å². The van der Waals surface area contributed by atoms with E-state index in [4.69, 9.17) is 4.74 Å². The molecule has 0 radical (unpaired) electrons. The molecule has 4 heterocycles. The average Bonchev–Trinajstić information content (AvgIpc) is 3.52. The molecule has 6 rings (SSSR count). The number of imidazole rings is 1. The molecule has 0 bridgehead atoms. The number of morpholine rings is 1. The summed E-state index contributed by atoms with van der Waals surface area (Å²) >= 11 is 1.22. The highest BCUT2D eigenvalue weighted by atomic mass is 32.1. The van der Waals surface area contributed by atoms with Gasteiger partial charge in [0.2, 0.25) is 5.78 Å². The van der Waals surface area contributed by atoms with E-state index >= 15 is 0 Å². The number of para-hydroxylation sites is 2. The lowest BCUT2D eigenvalue weighted by Crippen LogP contribution is -2.43. The molecule has 2 aliphatic rings. The first-order valence-electron chi connectivity index (χ1n) is 12.1. The Balaban J connectivity index is 1.40. The highest BCUT2D eigenvalue weighted by Gasteiger charge is 2.44. The van der Waals surface area contributed by atoms with E-state index in [2.05, 4.69) is 9.88 Å². The number of aliphatic hydroxyl groups excluding tert-OH is 1. The normalized spacial score (nSPS) is 19.0. The number of nitrogens with zero attached hydrogens (tertiary/aromatic N) is 4. The molecule has 1 fully saturated rings. The minimum atomic E-state index is -0.901. The SMILES string of the molecule is Cc1c(C(=O)C2=C(O)C(=O)N(CCN3CCOCC3)C2c2cccc(F)c2)sc2nc3ccccc3n12. The van der Waals surface area contributed by atoms with E-state index in [-0.39, 0.29) is 12.1 Å². The first kappa shape index (κ1) is 23.8. The molecule has 1 saturated heterocycles. The number of thiazole rings is 1. The van der Waals surface area contributed by atoms with Crippen molar-refractivity contribution in [1.29, 1.82) is 0 Å². The van der Waals surface area contributed by atoms with Crippen LogP contribution in [0.1, 0.15) is 27.0 Å². The van der Waals surface area contributed by atoms with Crippen LogP contribution in [0.2, 0.25) is 0 Å². The number of aryl methyl sites for hydroxylation is 1. The third-order valence-corrected chi connectivity index (χ3v) is 8.21. The van der Waals surface area contributed by atoms with Crippen molar-refractivity contribution in [2.75, 3.05) is 39.4 Å². The number of ketones is 1. The van der Waals surface area contributed by atoms with Gasteiger partial charge in [-0.15, -0.1) is 0 Å². The molecular formula is C27H25FN4O4S. The Labute approximate surface area is 216 Å². The van der Waals surface area contributed by atoms with Crippen molar-refractivity contribution in [2.24, 2.45) is 0 Å². The van der Waals surface area contributed by atoms with E-state index in [1.807, 2.05) is 35.6 Å². The predicted octanol–water partition coefficient (Wildman–Crippen LogP) is 3.91. The van der Waals surface area contributed by atoms with Gasteiger partial charge in [0.1, 0.15) is 5.82 Å². The second-order valence-corrected chi connectivity index (χ2v) is 10.2. The number of carbonyl (C=O) groups excluding carboxylic acids is 2. The van der Waals surface area contributed by atoms with Crippen LogP contribution in [0.5, 0.6) is 0 Å². The van der Waals surface area contributed by atoms with Crippen molar-refractivity contribution in [3.63, 3.8) is 0 Å². The van der Waals surface area contributed by atoms with Crippen LogP contribution >= 0.6 is 11.3 Å². The molecule has 1 N–H and O–H groups in total. The maximum absolute atomic E-state index is 14.3. The fraction of sp³-hybridized carbons (Fsp3) is 0.296. The van der Waals surface area contributed by atoms with Crippen molar-refractivity contribution >= 4 is 39.0 Å². The predicted molar refractivity (Wildman–Crippen MR) is 137 cm³/mol. The number of halogens is 1. The number of benzene rings is 2. The lowest BCUT2D eigenvalue weighted by molar-refractivity contribution is -0.129. The molecule has 1 amide bonds. The monoisotopic (exact) mass is 520 g/mol. The van der Waals surface area contributed by atoms with Crippen LogP contribution in [-0.2, 0) is 9.53 Å². The van der Waals surface area contributed by atoms with Gasteiger partial charge in [-0.1, -0.05) is 35.6 Å². The zero-order valence-corrected chi connectivity index (χ0v) is 21.0. The standard InChI is InChI=1S/C27H25FN4O4S/c1-16-25(37-27-29-19-7-2-3-8-20(19)32(16)27)23(33)21-22(17-5-4-6-18(28)15-17)31(26(35)24(21)34)10-9-30-11-13-36-14-12-30/h2-8,15,22,34H,9-14H2,1H3. The van der Waals surface area contributed by atoms with Gasteiger partial charge < -0.3 is 14.7 Å². The van der Waals surface area contributed by atoms with E-state index in [0.717, 1.165) is 24.1 Å². The molecule has 4 aromatic rings. The summed E-state index contributed by atoms with van der Waals surface area (Å²) < 4.78 is 21.6. The van der Waals surface area contributed by atoms with Gasteiger partial charge in [0.15, 0.2) is 10.7 Å². The maximum atomic E-state index is 14.3. The number of aromatic nitrogens is 2. The van der Waals surface area contributed by atoms with Gasteiger partial charge in [-0.3, -0.25) is 18.9 Å². The van der Waals surface area contributed by atoms with Crippen LogP contribution in [0.15, 0.2) is 59.9 Å². The quantitative estimate of drug-likeness (QED) is 0.388. The van der Waals surface area contributed by atoms with Crippen molar-refractivity contribution in [1.82, 2.24) is 19.2 Å². The number of fused-ring (bicyclic) bond motifs is 3. The minimum absolute atomic E-state index is 0.0329. The lowest BCUT2D eigenvalue weighted by Gasteiger charge is -2.31. The minimum Gasteiger partial charge on any atom is -0.503 e. The van der Waals surface area contributed by atoms with Crippen LogP contribution in [0.3, 0.4) is 0 Å². The number of rotatable bonds is 6. The Kier molecular flexibility index (Phi) is 6.02. The fourth-order valence-electron chi connectivity index (χ4n) is 5.21. The second-order valence-electron chi connectivity index (χ2n) is 9.24. The van der Waals surface area contributed by atoms with Crippen molar-refractivity contribution in [3.8, 4) is 0 Å². The van der Waals surface area contributed by atoms with Crippen molar-refractivity contribution in [3.05, 3.63) is 81.8 Å². The summed E-state index contributed by atoms with van der Waals surface area (Å²) in [6.45, 7) is 5.35. The highest BCUT2D eigenvalue weighted by Crippen LogP contribution is 2.41. The zero-order chi connectivity index (χ0) is 25.7. The number of Topliss-reactive ketones (excluding diaryl/α,β-unsaturated/α-hetero) is 1. The molecule has 37 heavy (non-hydrogen) atoms. The molecule has 1 atom stereocenters. The number of ether oxygens (including phenoxy) is 1. The maximum Gasteiger partial charge on any atom is 0.290 e. The average molecular weight is 521 g/mol. The third kappa shape index (κ3) is 4.01. The third-order valence-electron chi connectivity index (χ3n) is 7.07. The molecule has 2 aromatic carbocycles. The summed E-state index contributed by atoms with van der Waals surface area (Å²) in [5, 5.41) is 11.0. The summed E-state index contributed by atoms with van der Waals surface area (Å²) in [5.74, 6) is -2.15. The summed E-state index contributed by atoms with van der Waals surface area (Å²) in [4.78, 5) is 36.6. The van der Waals surface area contributed by atoms with Crippen molar-refractivity contribution < 1.29 is 23.8 Å². The zero-order valence-electron chi connectivity index (χ0n) is 20.2. The molecule has 0 spiro atoms. The number of hydrogen-bond donors (Lipinski definition) is 1. The Morgan fingerprint density at radius 2 is 1.95 bits per heavy atom. The number of amides is 1. The van der Waals surface area contributed by atoms with Gasteiger partial charge in [-0.25, -0.2) is 9.37 Å². The molecule has 10 heteroatoms. The summed E-state index contributed by atoms with van der Waals surface area (Å²) in [6.07, 6.45) is 0. The van der Waals surface area contributed by atoms with E-state index in [0.29, 0.717) is 40.9 Å². The summed E-state index contributed by atoms with van der Waals surface area (Å²) in [6, 6.07) is 12.6. The van der Waals surface area contributed by atoms with E-state index < -0.39 is 29.3 Å². The molecule has 0 saturated carbocycles. The molecule has 190 valence electrons. The Morgan fingerprint density at radius 1 is 1.16 bits per heavy atom. The van der Waals surface area contributed by atoms with Crippen LogP contribution in [0.4, 0.5) is 4.39 Å². The number of aliphatic hydroxyl groups is 1. The van der Waals surface area contributed by atoms with Gasteiger partial charge >= 0.3 is 0 Å². The second kappa shape index (κ2) is 9.37. The molecular weight excluding hydrogens is 495 g/mol. The van der Waals surface area contributed by atoms with Crippen LogP contribution in [0, 0.1) is 12.7 Å². The fourth-order valence-corrected chi connectivity index (χ4v) is 6.30. The first-order valence-corrected chi connectivity index (χ1v) is 13.0. The summed E-state index contributed by atoms with van der Waals surface area (Å²) in [5.41, 5.74) is 2.78. The molecule has 2 aromatic heterocycles. The van der Waals surface area contributed by atoms with Crippen LogP contribution in [-0.4, -0.2) is 75.4 Å². The molecule has 0 aliphatic carbocycles. The van der Waals surface area contributed by atoms with Gasteiger partial charge in [0, 0.05) is 31.9 Å². The Hall–Kier alpha value is -3.60. The lowest BCUT2D eigenvalue weighted by atomic mass is 9.95. The Bertz CT molecular complexity index is 1570. The first-order chi connectivity index (χ1) is 17.9. The summed E-state index contributed by atoms with van der Waals surface area (Å²) in [7, 11) is 0. The Morgan fingerprint density at radius 3 is 2.73 bits per heavy atom. The van der Waals surface area contributed by atoms with E-state index in [1.54, 1.807) is 12.1 Å². The van der Waals surface area contributed by atoms with Crippen LogP contribution in [0.25, 0.3) is 16.0 Å². The molecule has 8 nitrogen and oxygen atoms in total. The van der Waals surface area contributed by atoms with E-state index in [1.165, 1.54) is 28.4 Å². The van der Waals surface area contributed by atoms with Crippen LogP contribution < -0.4 is 0 Å². The van der Waals surface area contributed by atoms with Gasteiger partial charge in [-0.2, -0.15) is 0 Å². The van der Waals surface area contributed by atoms with Crippen molar-refractivity contribution in [2.45, 2.75) is 13.0 Å². The van der Waals surface area contributed by atoms with Gasteiger partial charge in [-0.05, 0) is 36.8 Å². The topological polar surface area (TPSA) is 87.4 Å². The number of carbonyl (C=O) groups is 2. The highest BCUT2D eigenvalue weighted by molar-refractivity contribution is 7.19.